The van der Waals surface area contributed by atoms with Crippen molar-refractivity contribution >= 4 is 5.71 Å². The van der Waals surface area contributed by atoms with Gasteiger partial charge >= 0.3 is 0 Å². The first kappa shape index (κ1) is 12.5. The number of hydrogen-bond acceptors (Lipinski definition) is 5. The molecular weight excluding hydrogens is 258 g/mol. The van der Waals surface area contributed by atoms with Crippen LogP contribution >= 0.6 is 0 Å². The van der Waals surface area contributed by atoms with Crippen molar-refractivity contribution in [3.8, 4) is 11.5 Å². The van der Waals surface area contributed by atoms with Crippen LogP contribution in [0.5, 0.6) is 11.5 Å². The second-order valence-electron chi connectivity index (χ2n) is 4.54. The van der Waals surface area contributed by atoms with Crippen LogP contribution in [0.15, 0.2) is 35.6 Å². The molecule has 0 amide bonds. The van der Waals surface area contributed by atoms with E-state index in [0.717, 1.165) is 23.4 Å². The lowest BCUT2D eigenvalue weighted by molar-refractivity contribution is 0.311. The SMILES string of the molecule is Cn1nccc1CCOc1ccc2c(c1)OC/C2=N\O. The molecule has 0 saturated carbocycles. The molecule has 1 aromatic carbocycles. The third kappa shape index (κ3) is 2.32. The molecule has 0 bridgehead atoms. The quantitative estimate of drug-likeness (QED) is 0.679. The van der Waals surface area contributed by atoms with Gasteiger partial charge in [0.25, 0.3) is 0 Å². The summed E-state index contributed by atoms with van der Waals surface area (Å²) in [5.41, 5.74) is 2.48. The summed E-state index contributed by atoms with van der Waals surface area (Å²) in [4.78, 5) is 0. The number of aryl methyl sites for hydroxylation is 1. The summed E-state index contributed by atoms with van der Waals surface area (Å²) in [6.45, 7) is 0.865. The Bertz CT molecular complexity index is 649. The number of nitrogens with zero attached hydrogens (tertiary/aromatic N) is 3. The lowest BCUT2D eigenvalue weighted by atomic mass is 10.1. The Morgan fingerprint density at radius 3 is 3.10 bits per heavy atom. The Morgan fingerprint density at radius 2 is 2.35 bits per heavy atom. The van der Waals surface area contributed by atoms with E-state index in [0.29, 0.717) is 24.7 Å². The highest BCUT2D eigenvalue weighted by atomic mass is 16.5. The van der Waals surface area contributed by atoms with Gasteiger partial charge in [-0.05, 0) is 18.2 Å². The molecule has 0 atom stereocenters. The van der Waals surface area contributed by atoms with E-state index in [4.69, 9.17) is 14.7 Å². The molecule has 2 heterocycles. The largest absolute Gasteiger partial charge is 0.493 e. The smallest absolute Gasteiger partial charge is 0.134 e. The second-order valence-corrected chi connectivity index (χ2v) is 4.54. The molecule has 1 aromatic heterocycles. The van der Waals surface area contributed by atoms with Crippen LogP contribution in [0.25, 0.3) is 0 Å². The Balaban J connectivity index is 1.63. The first-order valence-corrected chi connectivity index (χ1v) is 6.36. The normalized spacial score (nSPS) is 15.2. The summed E-state index contributed by atoms with van der Waals surface area (Å²) in [7, 11) is 1.91. The van der Waals surface area contributed by atoms with Gasteiger partial charge in [-0.15, -0.1) is 0 Å². The maximum atomic E-state index is 8.82. The van der Waals surface area contributed by atoms with Crippen LogP contribution in [0.4, 0.5) is 0 Å². The molecule has 6 nitrogen and oxygen atoms in total. The predicted octanol–water partition coefficient (Wildman–Crippen LogP) is 1.61. The molecule has 0 saturated heterocycles. The molecule has 0 fully saturated rings. The zero-order chi connectivity index (χ0) is 13.9. The average molecular weight is 273 g/mol. The number of ether oxygens (including phenoxy) is 2. The monoisotopic (exact) mass is 273 g/mol. The number of fused-ring (bicyclic) bond motifs is 1. The summed E-state index contributed by atoms with van der Waals surface area (Å²) in [5, 5.41) is 16.1. The zero-order valence-corrected chi connectivity index (χ0v) is 11.1. The van der Waals surface area contributed by atoms with Crippen molar-refractivity contribution in [1.82, 2.24) is 9.78 Å². The topological polar surface area (TPSA) is 68.9 Å². The summed E-state index contributed by atoms with van der Waals surface area (Å²) < 4.78 is 13.0. The van der Waals surface area contributed by atoms with Gasteiger partial charge in [0.2, 0.25) is 0 Å². The van der Waals surface area contributed by atoms with Crippen molar-refractivity contribution in [3.63, 3.8) is 0 Å². The second kappa shape index (κ2) is 5.24. The fourth-order valence-electron chi connectivity index (χ4n) is 2.18. The molecular formula is C14H15N3O3. The zero-order valence-electron chi connectivity index (χ0n) is 11.1. The van der Waals surface area contributed by atoms with Gasteiger partial charge in [0.15, 0.2) is 0 Å². The third-order valence-electron chi connectivity index (χ3n) is 3.30. The van der Waals surface area contributed by atoms with Crippen LogP contribution in [-0.2, 0) is 13.5 Å². The van der Waals surface area contributed by atoms with E-state index in [2.05, 4.69) is 10.3 Å². The van der Waals surface area contributed by atoms with E-state index in [-0.39, 0.29) is 0 Å². The van der Waals surface area contributed by atoms with E-state index in [9.17, 15) is 0 Å². The lowest BCUT2D eigenvalue weighted by Gasteiger charge is -2.07. The Kier molecular flexibility index (Phi) is 3.28. The van der Waals surface area contributed by atoms with Crippen molar-refractivity contribution in [2.75, 3.05) is 13.2 Å². The van der Waals surface area contributed by atoms with Gasteiger partial charge in [-0.2, -0.15) is 5.10 Å². The average Bonchev–Trinajstić information content (AvgIpc) is 3.05. The van der Waals surface area contributed by atoms with Crippen LogP contribution in [0.2, 0.25) is 0 Å². The summed E-state index contributed by atoms with van der Waals surface area (Å²) in [5.74, 6) is 1.43. The maximum absolute atomic E-state index is 8.82. The van der Waals surface area contributed by atoms with E-state index in [1.165, 1.54) is 0 Å². The molecule has 20 heavy (non-hydrogen) atoms. The van der Waals surface area contributed by atoms with Gasteiger partial charge in [-0.25, -0.2) is 0 Å². The van der Waals surface area contributed by atoms with Gasteiger partial charge in [0, 0.05) is 37.0 Å². The summed E-state index contributed by atoms with van der Waals surface area (Å²) in [6.07, 6.45) is 2.56. The van der Waals surface area contributed by atoms with Gasteiger partial charge in [-0.3, -0.25) is 4.68 Å². The van der Waals surface area contributed by atoms with Crippen LogP contribution in [0.3, 0.4) is 0 Å². The molecule has 0 radical (unpaired) electrons. The molecule has 3 rings (SSSR count). The number of benzene rings is 1. The highest BCUT2D eigenvalue weighted by Crippen LogP contribution is 2.29. The van der Waals surface area contributed by atoms with Crippen LogP contribution in [-0.4, -0.2) is 33.9 Å². The molecule has 1 aliphatic heterocycles. The van der Waals surface area contributed by atoms with Crippen molar-refractivity contribution in [1.29, 1.82) is 0 Å². The van der Waals surface area contributed by atoms with E-state index < -0.39 is 0 Å². The van der Waals surface area contributed by atoms with Crippen molar-refractivity contribution in [2.24, 2.45) is 12.2 Å². The first-order chi connectivity index (χ1) is 9.78. The molecule has 1 N–H and O–H groups in total. The summed E-state index contributed by atoms with van der Waals surface area (Å²) in [6, 6.07) is 7.48. The Hall–Kier alpha value is -2.50. The highest BCUT2D eigenvalue weighted by Gasteiger charge is 2.20. The van der Waals surface area contributed by atoms with Gasteiger partial charge in [0.1, 0.15) is 23.8 Å². The lowest BCUT2D eigenvalue weighted by Crippen LogP contribution is -2.06. The molecule has 0 unspecified atom stereocenters. The number of hydrogen-bond donors (Lipinski definition) is 1. The standard InChI is InChI=1S/C14H15N3O3/c1-17-10(4-6-15-17)5-7-19-11-2-3-12-13(16-18)9-20-14(12)8-11/h2-4,6,8,18H,5,7,9H2,1H3/b16-13+. The van der Waals surface area contributed by atoms with Crippen LogP contribution < -0.4 is 9.47 Å². The van der Waals surface area contributed by atoms with Crippen molar-refractivity contribution in [2.45, 2.75) is 6.42 Å². The molecule has 6 heteroatoms. The van der Waals surface area contributed by atoms with E-state index in [1.54, 1.807) is 6.20 Å². The minimum atomic E-state index is 0.296. The van der Waals surface area contributed by atoms with Crippen molar-refractivity contribution in [3.05, 3.63) is 41.7 Å². The van der Waals surface area contributed by atoms with Gasteiger partial charge < -0.3 is 14.7 Å². The fourth-order valence-corrected chi connectivity index (χ4v) is 2.18. The van der Waals surface area contributed by atoms with Crippen molar-refractivity contribution < 1.29 is 14.7 Å². The molecule has 0 aliphatic carbocycles. The predicted molar refractivity (Wildman–Crippen MR) is 72.7 cm³/mol. The Morgan fingerprint density at radius 1 is 1.45 bits per heavy atom. The number of oxime groups is 1. The number of rotatable bonds is 4. The molecule has 0 spiro atoms. The highest BCUT2D eigenvalue weighted by molar-refractivity contribution is 6.05. The number of aromatic nitrogens is 2. The molecule has 104 valence electrons. The minimum Gasteiger partial charge on any atom is -0.493 e. The Labute approximate surface area is 116 Å². The fraction of sp³-hybridized carbons (Fsp3) is 0.286. The van der Waals surface area contributed by atoms with Crippen LogP contribution in [0, 0.1) is 0 Å². The van der Waals surface area contributed by atoms with Crippen LogP contribution in [0.1, 0.15) is 11.3 Å². The van der Waals surface area contributed by atoms with Gasteiger partial charge in [0.05, 0.1) is 6.61 Å². The minimum absolute atomic E-state index is 0.296. The van der Waals surface area contributed by atoms with E-state index >= 15 is 0 Å². The van der Waals surface area contributed by atoms with Gasteiger partial charge in [-0.1, -0.05) is 5.16 Å². The molecule has 1 aliphatic rings. The first-order valence-electron chi connectivity index (χ1n) is 6.36. The maximum Gasteiger partial charge on any atom is 0.134 e. The molecule has 2 aromatic rings. The summed E-state index contributed by atoms with van der Waals surface area (Å²) >= 11 is 0. The third-order valence-corrected chi connectivity index (χ3v) is 3.30. The van der Waals surface area contributed by atoms with E-state index in [1.807, 2.05) is 36.0 Å².